The summed E-state index contributed by atoms with van der Waals surface area (Å²) in [6, 6.07) is 2.54. The molecule has 78 valence electrons. The Kier molecular flexibility index (Phi) is 1.95. The second-order valence-electron chi connectivity index (χ2n) is 3.87. The summed E-state index contributed by atoms with van der Waals surface area (Å²) in [5, 5.41) is 5.50. The predicted molar refractivity (Wildman–Crippen MR) is 56.8 cm³/mol. The maximum Gasteiger partial charge on any atom is 0.0992 e. The molecule has 1 aliphatic rings. The molecule has 0 bridgehead atoms. The second kappa shape index (κ2) is 3.31. The minimum Gasteiger partial charge on any atom is -0.377 e. The summed E-state index contributed by atoms with van der Waals surface area (Å²) in [4.78, 5) is 4.36. The first-order valence-corrected chi connectivity index (χ1v) is 5.28. The van der Waals surface area contributed by atoms with Crippen molar-refractivity contribution in [2.75, 3.05) is 13.2 Å². The normalized spacial score (nSPS) is 16.9. The fourth-order valence-electron chi connectivity index (χ4n) is 1.83. The first kappa shape index (κ1) is 8.85. The van der Waals surface area contributed by atoms with Gasteiger partial charge >= 0.3 is 0 Å². The van der Waals surface area contributed by atoms with Crippen LogP contribution in [0.3, 0.4) is 0 Å². The van der Waals surface area contributed by atoms with E-state index in [1.54, 1.807) is 0 Å². The molecule has 0 saturated carbocycles. The molecule has 4 nitrogen and oxygen atoms in total. The topological polar surface area (TPSA) is 39.9 Å². The molecule has 3 rings (SSSR count). The zero-order valence-electron chi connectivity index (χ0n) is 8.68. The van der Waals surface area contributed by atoms with Crippen molar-refractivity contribution >= 4 is 10.9 Å². The zero-order valence-corrected chi connectivity index (χ0v) is 8.68. The molecule has 3 heterocycles. The third-order valence-corrected chi connectivity index (χ3v) is 2.87. The van der Waals surface area contributed by atoms with Crippen LogP contribution < -0.4 is 0 Å². The molecule has 0 unspecified atom stereocenters. The van der Waals surface area contributed by atoms with Crippen LogP contribution in [0.5, 0.6) is 0 Å². The van der Waals surface area contributed by atoms with Gasteiger partial charge in [-0.05, 0) is 12.5 Å². The molecule has 0 N–H and O–H groups in total. The SMILES string of the molecule is CCc1cc2c(cn1)cnn2C1COC1. The van der Waals surface area contributed by atoms with E-state index in [0.717, 1.165) is 30.7 Å². The van der Waals surface area contributed by atoms with Crippen LogP contribution in [0.1, 0.15) is 18.7 Å². The minimum absolute atomic E-state index is 0.412. The van der Waals surface area contributed by atoms with Crippen LogP contribution in [0.25, 0.3) is 10.9 Å². The van der Waals surface area contributed by atoms with E-state index < -0.39 is 0 Å². The van der Waals surface area contributed by atoms with Crippen LogP contribution in [0, 0.1) is 0 Å². The van der Waals surface area contributed by atoms with E-state index in [4.69, 9.17) is 4.74 Å². The molecule has 1 fully saturated rings. The molecule has 1 aliphatic heterocycles. The van der Waals surface area contributed by atoms with Gasteiger partial charge in [0.15, 0.2) is 0 Å². The van der Waals surface area contributed by atoms with Gasteiger partial charge < -0.3 is 4.74 Å². The number of fused-ring (bicyclic) bond motifs is 1. The van der Waals surface area contributed by atoms with Gasteiger partial charge in [-0.1, -0.05) is 6.92 Å². The lowest BCUT2D eigenvalue weighted by Gasteiger charge is -2.26. The van der Waals surface area contributed by atoms with Crippen LogP contribution in [0.4, 0.5) is 0 Å². The Morgan fingerprint density at radius 3 is 3.00 bits per heavy atom. The molecule has 2 aromatic heterocycles. The standard InChI is InChI=1S/C11H13N3O/c1-2-9-3-11-8(4-12-9)5-13-14(11)10-6-15-7-10/h3-5,10H,2,6-7H2,1H3. The lowest BCUT2D eigenvalue weighted by atomic mass is 10.2. The number of hydrogen-bond donors (Lipinski definition) is 0. The number of aryl methyl sites for hydroxylation is 1. The van der Waals surface area contributed by atoms with Gasteiger partial charge in [0.2, 0.25) is 0 Å². The third kappa shape index (κ3) is 1.33. The predicted octanol–water partition coefficient (Wildman–Crippen LogP) is 1.56. The molecule has 4 heteroatoms. The number of pyridine rings is 1. The van der Waals surface area contributed by atoms with Crippen molar-refractivity contribution in [2.45, 2.75) is 19.4 Å². The van der Waals surface area contributed by atoms with Gasteiger partial charge in [0.05, 0.1) is 31.0 Å². The fourth-order valence-corrected chi connectivity index (χ4v) is 1.83. The van der Waals surface area contributed by atoms with Crippen LogP contribution in [-0.2, 0) is 11.2 Å². The Bertz CT molecular complexity index is 488. The Labute approximate surface area is 87.9 Å². The minimum atomic E-state index is 0.412. The number of hydrogen-bond acceptors (Lipinski definition) is 3. The Morgan fingerprint density at radius 2 is 2.33 bits per heavy atom. The molecule has 0 atom stereocenters. The maximum absolute atomic E-state index is 5.19. The largest absolute Gasteiger partial charge is 0.377 e. The highest BCUT2D eigenvalue weighted by Crippen LogP contribution is 2.22. The van der Waals surface area contributed by atoms with Crippen LogP contribution in [0.15, 0.2) is 18.5 Å². The summed E-state index contributed by atoms with van der Waals surface area (Å²) < 4.78 is 7.24. The molecular formula is C11H13N3O. The van der Waals surface area contributed by atoms with Crippen molar-refractivity contribution in [3.63, 3.8) is 0 Å². The number of rotatable bonds is 2. The van der Waals surface area contributed by atoms with Crippen LogP contribution in [-0.4, -0.2) is 28.0 Å². The molecule has 0 spiro atoms. The molecule has 2 aromatic rings. The number of ether oxygens (including phenoxy) is 1. The Morgan fingerprint density at radius 1 is 1.47 bits per heavy atom. The van der Waals surface area contributed by atoms with E-state index >= 15 is 0 Å². The van der Waals surface area contributed by atoms with Crippen molar-refractivity contribution in [3.8, 4) is 0 Å². The van der Waals surface area contributed by atoms with E-state index in [9.17, 15) is 0 Å². The molecule has 0 amide bonds. The van der Waals surface area contributed by atoms with Crippen molar-refractivity contribution in [1.29, 1.82) is 0 Å². The van der Waals surface area contributed by atoms with Gasteiger partial charge in [-0.15, -0.1) is 0 Å². The molecule has 0 aromatic carbocycles. The quantitative estimate of drug-likeness (QED) is 0.743. The van der Waals surface area contributed by atoms with E-state index in [1.807, 2.05) is 12.4 Å². The van der Waals surface area contributed by atoms with Crippen molar-refractivity contribution < 1.29 is 4.74 Å². The van der Waals surface area contributed by atoms with Gasteiger partial charge in [0.25, 0.3) is 0 Å². The Balaban J connectivity index is 2.13. The Hall–Kier alpha value is -1.42. The smallest absolute Gasteiger partial charge is 0.0992 e. The highest BCUT2D eigenvalue weighted by Gasteiger charge is 2.22. The van der Waals surface area contributed by atoms with Gasteiger partial charge in [0.1, 0.15) is 0 Å². The third-order valence-electron chi connectivity index (χ3n) is 2.87. The summed E-state index contributed by atoms with van der Waals surface area (Å²) in [5.74, 6) is 0. The lowest BCUT2D eigenvalue weighted by Crippen LogP contribution is -2.31. The fraction of sp³-hybridized carbons (Fsp3) is 0.455. The average molecular weight is 203 g/mol. The second-order valence-corrected chi connectivity index (χ2v) is 3.87. The van der Waals surface area contributed by atoms with Gasteiger partial charge in [-0.25, -0.2) is 0 Å². The average Bonchev–Trinajstić information content (AvgIpc) is 2.59. The lowest BCUT2D eigenvalue weighted by molar-refractivity contribution is -0.0266. The van der Waals surface area contributed by atoms with Gasteiger partial charge in [-0.3, -0.25) is 9.67 Å². The van der Waals surface area contributed by atoms with Crippen molar-refractivity contribution in [1.82, 2.24) is 14.8 Å². The van der Waals surface area contributed by atoms with Crippen molar-refractivity contribution in [2.24, 2.45) is 0 Å². The first-order chi connectivity index (χ1) is 7.38. The zero-order chi connectivity index (χ0) is 10.3. The van der Waals surface area contributed by atoms with E-state index in [2.05, 4.69) is 27.8 Å². The molecule has 0 radical (unpaired) electrons. The van der Waals surface area contributed by atoms with Gasteiger partial charge in [-0.2, -0.15) is 5.10 Å². The van der Waals surface area contributed by atoms with Crippen LogP contribution >= 0.6 is 0 Å². The van der Waals surface area contributed by atoms with Crippen molar-refractivity contribution in [3.05, 3.63) is 24.2 Å². The van der Waals surface area contributed by atoms with E-state index in [0.29, 0.717) is 6.04 Å². The first-order valence-electron chi connectivity index (χ1n) is 5.28. The molecule has 0 aliphatic carbocycles. The molecule has 1 saturated heterocycles. The van der Waals surface area contributed by atoms with Gasteiger partial charge in [0, 0.05) is 17.3 Å². The van der Waals surface area contributed by atoms with E-state index in [1.165, 1.54) is 5.52 Å². The molecular weight excluding hydrogens is 190 g/mol. The maximum atomic E-state index is 5.19. The van der Waals surface area contributed by atoms with E-state index in [-0.39, 0.29) is 0 Å². The highest BCUT2D eigenvalue weighted by atomic mass is 16.5. The monoisotopic (exact) mass is 203 g/mol. The summed E-state index contributed by atoms with van der Waals surface area (Å²) in [5.41, 5.74) is 2.29. The summed E-state index contributed by atoms with van der Waals surface area (Å²) in [7, 11) is 0. The number of nitrogens with zero attached hydrogens (tertiary/aromatic N) is 3. The molecule has 15 heavy (non-hydrogen) atoms. The summed E-state index contributed by atoms with van der Waals surface area (Å²) >= 11 is 0. The summed E-state index contributed by atoms with van der Waals surface area (Å²) in [6.45, 7) is 3.67. The number of aromatic nitrogens is 3. The summed E-state index contributed by atoms with van der Waals surface area (Å²) in [6.07, 6.45) is 4.74. The highest BCUT2D eigenvalue weighted by molar-refractivity contribution is 5.78. The van der Waals surface area contributed by atoms with Crippen LogP contribution in [0.2, 0.25) is 0 Å².